The zero-order valence-electron chi connectivity index (χ0n) is 29.0. The van der Waals surface area contributed by atoms with Crippen LogP contribution in [0.15, 0.2) is 58.3 Å². The summed E-state index contributed by atoms with van der Waals surface area (Å²) in [4.78, 5) is 69.7. The molecule has 0 bridgehead atoms. The van der Waals surface area contributed by atoms with Gasteiger partial charge in [0.05, 0.1) is 30.5 Å². The number of ether oxygens (including phenoxy) is 2. The molecular weight excluding hydrogens is 676 g/mol. The van der Waals surface area contributed by atoms with Gasteiger partial charge in [0.15, 0.2) is 0 Å². The summed E-state index contributed by atoms with van der Waals surface area (Å²) in [5, 5.41) is 6.20. The number of nitrogens with zero attached hydrogens (tertiary/aromatic N) is 4. The van der Waals surface area contributed by atoms with Crippen molar-refractivity contribution in [3.05, 3.63) is 96.8 Å². The van der Waals surface area contributed by atoms with Gasteiger partial charge in [-0.3, -0.25) is 23.9 Å². The predicted octanol–water partition coefficient (Wildman–Crippen LogP) is 4.76. The minimum Gasteiger partial charge on any atom is -0.481 e. The summed E-state index contributed by atoms with van der Waals surface area (Å²) in [6.45, 7) is 4.14. The third kappa shape index (κ3) is 6.73. The summed E-state index contributed by atoms with van der Waals surface area (Å²) in [6.07, 6.45) is 3.13. The maximum Gasteiger partial charge on any atom is 0.410 e. The van der Waals surface area contributed by atoms with Crippen LogP contribution in [-0.4, -0.2) is 63.2 Å². The van der Waals surface area contributed by atoms with Crippen molar-refractivity contribution in [1.82, 2.24) is 24.3 Å². The lowest BCUT2D eigenvalue weighted by atomic mass is 9.96. The fraction of sp³-hybridized carbons (Fsp3) is 0.351. The molecule has 0 unspecified atom stereocenters. The van der Waals surface area contributed by atoms with Crippen LogP contribution in [0.25, 0.3) is 22.4 Å². The highest BCUT2D eigenvalue weighted by atomic mass is 35.5. The number of halogens is 1. The molecule has 1 fully saturated rings. The molecule has 0 radical (unpaired) electrons. The van der Waals surface area contributed by atoms with Crippen molar-refractivity contribution in [2.45, 2.75) is 51.6 Å². The first-order valence-corrected chi connectivity index (χ1v) is 17.1. The van der Waals surface area contributed by atoms with Crippen LogP contribution in [-0.2, 0) is 30.0 Å². The molecule has 0 spiro atoms. The molecule has 14 heteroatoms. The Kier molecular flexibility index (Phi) is 10.0. The monoisotopic (exact) mass is 714 g/mol. The van der Waals surface area contributed by atoms with Crippen molar-refractivity contribution in [2.75, 3.05) is 25.6 Å². The van der Waals surface area contributed by atoms with Crippen LogP contribution >= 0.6 is 11.6 Å². The van der Waals surface area contributed by atoms with Gasteiger partial charge >= 0.3 is 11.8 Å². The molecule has 3 amide bonds. The lowest BCUT2D eigenvalue weighted by Crippen LogP contribution is -2.43. The van der Waals surface area contributed by atoms with Gasteiger partial charge in [-0.15, -0.1) is 0 Å². The number of carbonyl (C=O) groups is 3. The van der Waals surface area contributed by atoms with Gasteiger partial charge in [0.1, 0.15) is 5.56 Å². The number of aryl methyl sites for hydroxylation is 2. The number of anilines is 1. The summed E-state index contributed by atoms with van der Waals surface area (Å²) < 4.78 is 13.3. The average Bonchev–Trinajstić information content (AvgIpc) is 3.74. The Labute approximate surface area is 299 Å². The van der Waals surface area contributed by atoms with E-state index in [0.717, 1.165) is 21.3 Å². The summed E-state index contributed by atoms with van der Waals surface area (Å²) in [5.41, 5.74) is 4.28. The molecule has 6 rings (SSSR count). The van der Waals surface area contributed by atoms with Crippen molar-refractivity contribution in [3.8, 4) is 28.3 Å². The van der Waals surface area contributed by atoms with Crippen molar-refractivity contribution < 1.29 is 23.9 Å². The number of methoxy groups -OCH3 is 1. The van der Waals surface area contributed by atoms with E-state index in [1.165, 1.54) is 24.9 Å². The van der Waals surface area contributed by atoms with E-state index >= 15 is 0 Å². The quantitative estimate of drug-likeness (QED) is 0.252. The second-order valence-corrected chi connectivity index (χ2v) is 13.1. The smallest absolute Gasteiger partial charge is 0.410 e. The number of nitrogens with one attached hydrogen (secondary N) is 2. The van der Waals surface area contributed by atoms with Crippen molar-refractivity contribution in [2.24, 2.45) is 14.1 Å². The molecule has 2 atom stereocenters. The molecule has 2 aromatic heterocycles. The summed E-state index contributed by atoms with van der Waals surface area (Å²) >= 11 is 7.13. The van der Waals surface area contributed by atoms with E-state index in [-0.39, 0.29) is 30.2 Å². The fourth-order valence-corrected chi connectivity index (χ4v) is 7.25. The molecule has 2 aliphatic rings. The third-order valence-corrected chi connectivity index (χ3v) is 9.95. The van der Waals surface area contributed by atoms with Crippen LogP contribution in [0.1, 0.15) is 59.3 Å². The van der Waals surface area contributed by atoms with E-state index in [1.807, 2.05) is 37.3 Å². The zero-order valence-corrected chi connectivity index (χ0v) is 29.8. The molecule has 0 saturated carbocycles. The highest BCUT2D eigenvalue weighted by Crippen LogP contribution is 2.45. The van der Waals surface area contributed by atoms with E-state index in [0.29, 0.717) is 71.2 Å². The molecule has 1 saturated heterocycles. The number of benzene rings is 2. The number of aromatic nitrogens is 3. The molecule has 1 aliphatic heterocycles. The number of carbonyl (C=O) groups excluding carboxylic acids is 3. The maximum absolute atomic E-state index is 13.2. The Morgan fingerprint density at radius 2 is 1.78 bits per heavy atom. The normalized spacial score (nSPS) is 16.4. The predicted molar refractivity (Wildman–Crippen MR) is 192 cm³/mol. The SMILES string of the molecule is CCOC(=O)N(C[C@@H]1CCC(=O)N1)[C@@H]1CCc2cc(-c3cccc(-c4cccc(NC(=O)c5cn(C)c(=O)n(C)c5=O)c4C)c3Cl)nc(OC)c21. The van der Waals surface area contributed by atoms with Gasteiger partial charge < -0.3 is 24.7 Å². The first-order valence-electron chi connectivity index (χ1n) is 16.7. The number of rotatable bonds is 9. The topological polar surface area (TPSA) is 154 Å². The Morgan fingerprint density at radius 1 is 1.06 bits per heavy atom. The number of fused-ring (bicyclic) bond motifs is 1. The zero-order chi connectivity index (χ0) is 36.6. The van der Waals surface area contributed by atoms with E-state index < -0.39 is 23.2 Å². The minimum absolute atomic E-state index is 0.0290. The molecule has 13 nitrogen and oxygen atoms in total. The lowest BCUT2D eigenvalue weighted by molar-refractivity contribution is -0.119. The lowest BCUT2D eigenvalue weighted by Gasteiger charge is -2.31. The van der Waals surface area contributed by atoms with Crippen LogP contribution in [0.4, 0.5) is 10.5 Å². The molecule has 4 aromatic rings. The number of amides is 3. The Balaban J connectivity index is 1.33. The minimum atomic E-state index is -0.695. The standard InChI is InChI=1S/C37H39ClN6O7/c1-6-51-37(49)44(18-22-14-16-30(45)39-22)29-15-13-21-17-28(41-34(50-5)31(21)29)25-11-7-10-24(32(25)38)23-9-8-12-27(20(23)2)40-33(46)26-19-42(3)36(48)43(4)35(26)47/h7-12,17,19,22,29H,6,13-16,18H2,1-5H3,(H,39,45)(H,40,46)/t22-,29+/m0/s1. The summed E-state index contributed by atoms with van der Waals surface area (Å²) in [5.74, 6) is -0.297. The van der Waals surface area contributed by atoms with Crippen LogP contribution in [0.5, 0.6) is 5.88 Å². The average molecular weight is 715 g/mol. The van der Waals surface area contributed by atoms with Crippen molar-refractivity contribution in [1.29, 1.82) is 0 Å². The van der Waals surface area contributed by atoms with Crippen LogP contribution in [0.3, 0.4) is 0 Å². The van der Waals surface area contributed by atoms with E-state index in [4.69, 9.17) is 26.1 Å². The van der Waals surface area contributed by atoms with E-state index in [1.54, 1.807) is 31.1 Å². The highest BCUT2D eigenvalue weighted by molar-refractivity contribution is 6.36. The largest absolute Gasteiger partial charge is 0.481 e. The highest BCUT2D eigenvalue weighted by Gasteiger charge is 2.38. The fourth-order valence-electron chi connectivity index (χ4n) is 6.93. The molecule has 266 valence electrons. The van der Waals surface area contributed by atoms with Gasteiger partial charge in [0.25, 0.3) is 11.5 Å². The van der Waals surface area contributed by atoms with Gasteiger partial charge in [-0.1, -0.05) is 41.9 Å². The number of hydrogen-bond acceptors (Lipinski definition) is 8. The third-order valence-electron chi connectivity index (χ3n) is 9.54. The summed E-state index contributed by atoms with van der Waals surface area (Å²) in [7, 11) is 4.34. The van der Waals surface area contributed by atoms with Gasteiger partial charge in [0.2, 0.25) is 11.8 Å². The van der Waals surface area contributed by atoms with Gasteiger partial charge in [-0.2, -0.15) is 0 Å². The van der Waals surface area contributed by atoms with Crippen LogP contribution in [0.2, 0.25) is 5.02 Å². The number of pyridine rings is 1. The van der Waals surface area contributed by atoms with Crippen molar-refractivity contribution >= 4 is 35.2 Å². The summed E-state index contributed by atoms with van der Waals surface area (Å²) in [6, 6.07) is 12.5. The van der Waals surface area contributed by atoms with Crippen LogP contribution in [0, 0.1) is 6.92 Å². The van der Waals surface area contributed by atoms with Crippen molar-refractivity contribution in [3.63, 3.8) is 0 Å². The second-order valence-electron chi connectivity index (χ2n) is 12.7. The Morgan fingerprint density at radius 3 is 2.49 bits per heavy atom. The van der Waals surface area contributed by atoms with E-state index in [9.17, 15) is 24.0 Å². The Hall–Kier alpha value is -5.43. The van der Waals surface area contributed by atoms with Gasteiger partial charge in [-0.25, -0.2) is 14.6 Å². The Bertz CT molecular complexity index is 2180. The maximum atomic E-state index is 13.2. The molecule has 2 N–H and O–H groups in total. The molecule has 51 heavy (non-hydrogen) atoms. The first-order chi connectivity index (χ1) is 24.4. The van der Waals surface area contributed by atoms with Crippen LogP contribution < -0.4 is 26.6 Å². The second kappa shape index (κ2) is 14.4. The van der Waals surface area contributed by atoms with Gasteiger partial charge in [-0.05, 0) is 61.9 Å². The molecule has 2 aromatic carbocycles. The van der Waals surface area contributed by atoms with E-state index in [2.05, 4.69) is 10.6 Å². The number of hydrogen-bond donors (Lipinski definition) is 2. The molecular formula is C37H39ClN6O7. The molecule has 3 heterocycles. The molecule has 1 aliphatic carbocycles. The van der Waals surface area contributed by atoms with Gasteiger partial charge in [0, 0.05) is 61.7 Å². The first kappa shape index (κ1) is 35.4.